The highest BCUT2D eigenvalue weighted by atomic mass is 32.1. The maximum absolute atomic E-state index is 11.5. The van der Waals surface area contributed by atoms with Gasteiger partial charge in [0, 0.05) is 12.6 Å². The van der Waals surface area contributed by atoms with E-state index in [2.05, 4.69) is 10.5 Å². The number of nitrogens with zero attached hydrogens (tertiary/aromatic N) is 2. The summed E-state index contributed by atoms with van der Waals surface area (Å²) in [6.07, 6.45) is 0. The van der Waals surface area contributed by atoms with Crippen molar-refractivity contribution in [2.75, 3.05) is 0 Å². The summed E-state index contributed by atoms with van der Waals surface area (Å²) >= 11 is 1.34. The van der Waals surface area contributed by atoms with Crippen LogP contribution >= 0.6 is 11.3 Å². The Labute approximate surface area is 115 Å². The number of ether oxygens (including phenoxy) is 1. The lowest BCUT2D eigenvalue weighted by Gasteiger charge is -2.07. The first-order valence-electron chi connectivity index (χ1n) is 5.75. The molecule has 2 heterocycles. The van der Waals surface area contributed by atoms with E-state index in [0.29, 0.717) is 11.5 Å². The molecular formula is C12H16N4O2S. The summed E-state index contributed by atoms with van der Waals surface area (Å²) in [7, 11) is 1.87. The summed E-state index contributed by atoms with van der Waals surface area (Å²) < 4.78 is 7.54. The fraction of sp³-hybridized carbons (Fsp3) is 0.333. The number of aryl methyl sites for hydroxylation is 2. The van der Waals surface area contributed by atoms with E-state index in [9.17, 15) is 4.79 Å². The highest BCUT2D eigenvalue weighted by Gasteiger charge is 2.15. The van der Waals surface area contributed by atoms with Crippen LogP contribution in [0, 0.1) is 13.8 Å². The second kappa shape index (κ2) is 5.41. The lowest BCUT2D eigenvalue weighted by molar-refractivity contribution is 0.0955. The number of amides is 1. The van der Waals surface area contributed by atoms with Gasteiger partial charge in [-0.25, -0.2) is 5.84 Å². The minimum absolute atomic E-state index is 0.298. The summed E-state index contributed by atoms with van der Waals surface area (Å²) in [5, 5.41) is 6.12. The third-order valence-corrected chi connectivity index (χ3v) is 3.85. The lowest BCUT2D eigenvalue weighted by atomic mass is 10.2. The number of carbonyl (C=O) groups is 1. The number of nitrogen functional groups attached to an aromatic ring is 1. The third-order valence-electron chi connectivity index (χ3n) is 2.90. The van der Waals surface area contributed by atoms with Crippen molar-refractivity contribution in [3.63, 3.8) is 0 Å². The zero-order valence-corrected chi connectivity index (χ0v) is 11.9. The molecule has 0 saturated carbocycles. The summed E-state index contributed by atoms with van der Waals surface area (Å²) in [4.78, 5) is 12.1. The van der Waals surface area contributed by atoms with Crippen LogP contribution in [0.4, 0.5) is 0 Å². The molecule has 0 aliphatic rings. The highest BCUT2D eigenvalue weighted by molar-refractivity contribution is 7.12. The van der Waals surface area contributed by atoms with Crippen molar-refractivity contribution in [2.45, 2.75) is 20.5 Å². The molecule has 0 fully saturated rings. The molecule has 1 amide bonds. The van der Waals surface area contributed by atoms with Crippen LogP contribution in [-0.2, 0) is 13.7 Å². The van der Waals surface area contributed by atoms with Gasteiger partial charge in [-0.1, -0.05) is 0 Å². The van der Waals surface area contributed by atoms with Crippen LogP contribution in [0.25, 0.3) is 0 Å². The van der Waals surface area contributed by atoms with Gasteiger partial charge in [0.15, 0.2) is 5.75 Å². The molecule has 2 rings (SSSR count). The largest absolute Gasteiger partial charge is 0.485 e. The minimum Gasteiger partial charge on any atom is -0.485 e. The standard InChI is InChI=1S/C12H16N4O2S/c1-7-10(8(2)16(3)15-7)18-6-9-4-5-19-11(9)12(17)14-13/h4-5H,6,13H2,1-3H3,(H,14,17). The van der Waals surface area contributed by atoms with Crippen molar-refractivity contribution in [1.82, 2.24) is 15.2 Å². The normalized spacial score (nSPS) is 10.5. The first-order chi connectivity index (χ1) is 9.04. The number of hydrogen-bond acceptors (Lipinski definition) is 5. The Morgan fingerprint density at radius 3 is 2.89 bits per heavy atom. The van der Waals surface area contributed by atoms with Crippen LogP contribution in [0.1, 0.15) is 26.6 Å². The second-order valence-corrected chi connectivity index (χ2v) is 5.08. The van der Waals surface area contributed by atoms with E-state index in [1.54, 1.807) is 4.68 Å². The molecule has 7 heteroatoms. The topological polar surface area (TPSA) is 82.2 Å². The Balaban J connectivity index is 2.15. The second-order valence-electron chi connectivity index (χ2n) is 4.16. The number of thiophene rings is 1. The predicted molar refractivity (Wildman–Crippen MR) is 73.0 cm³/mol. The number of rotatable bonds is 4. The zero-order valence-electron chi connectivity index (χ0n) is 11.1. The fourth-order valence-corrected chi connectivity index (χ4v) is 2.64. The molecule has 102 valence electrons. The monoisotopic (exact) mass is 280 g/mol. The van der Waals surface area contributed by atoms with Gasteiger partial charge in [-0.05, 0) is 25.3 Å². The van der Waals surface area contributed by atoms with Gasteiger partial charge >= 0.3 is 0 Å². The highest BCUT2D eigenvalue weighted by Crippen LogP contribution is 2.24. The molecule has 6 nitrogen and oxygen atoms in total. The minimum atomic E-state index is -0.298. The molecule has 0 aliphatic heterocycles. The van der Waals surface area contributed by atoms with E-state index < -0.39 is 0 Å². The summed E-state index contributed by atoms with van der Waals surface area (Å²) in [5.74, 6) is 5.60. The average molecular weight is 280 g/mol. The number of hydrazine groups is 1. The molecule has 3 N–H and O–H groups in total. The van der Waals surface area contributed by atoms with Crippen LogP contribution in [0.2, 0.25) is 0 Å². The van der Waals surface area contributed by atoms with E-state index >= 15 is 0 Å². The number of nitrogens with two attached hydrogens (primary N) is 1. The van der Waals surface area contributed by atoms with Gasteiger partial charge in [0.2, 0.25) is 0 Å². The Bertz CT molecular complexity index is 603. The number of hydrogen-bond donors (Lipinski definition) is 2. The van der Waals surface area contributed by atoms with Crippen molar-refractivity contribution in [3.05, 3.63) is 33.3 Å². The first-order valence-corrected chi connectivity index (χ1v) is 6.63. The smallest absolute Gasteiger partial charge is 0.275 e. The Hall–Kier alpha value is -1.86. The van der Waals surface area contributed by atoms with Gasteiger partial charge in [0.1, 0.15) is 12.3 Å². The van der Waals surface area contributed by atoms with Gasteiger partial charge in [-0.15, -0.1) is 11.3 Å². The van der Waals surface area contributed by atoms with Crippen LogP contribution in [0.15, 0.2) is 11.4 Å². The Kier molecular flexibility index (Phi) is 3.87. The van der Waals surface area contributed by atoms with Crippen molar-refractivity contribution in [3.8, 4) is 5.75 Å². The van der Waals surface area contributed by atoms with Gasteiger partial charge in [-0.3, -0.25) is 14.9 Å². The predicted octanol–water partition coefficient (Wildman–Crippen LogP) is 1.28. The maximum Gasteiger partial charge on any atom is 0.275 e. The molecule has 0 saturated heterocycles. The maximum atomic E-state index is 11.5. The molecule has 0 atom stereocenters. The molecule has 0 aliphatic carbocycles. The molecule has 0 unspecified atom stereocenters. The van der Waals surface area contributed by atoms with Crippen LogP contribution in [0.3, 0.4) is 0 Å². The van der Waals surface area contributed by atoms with E-state index in [-0.39, 0.29) is 5.91 Å². The Morgan fingerprint density at radius 2 is 2.32 bits per heavy atom. The van der Waals surface area contributed by atoms with Gasteiger partial charge in [0.25, 0.3) is 5.91 Å². The molecule has 19 heavy (non-hydrogen) atoms. The fourth-order valence-electron chi connectivity index (χ4n) is 1.83. The van der Waals surface area contributed by atoms with Crippen molar-refractivity contribution < 1.29 is 9.53 Å². The van der Waals surface area contributed by atoms with Gasteiger partial charge in [-0.2, -0.15) is 5.10 Å². The van der Waals surface area contributed by atoms with E-state index in [1.165, 1.54) is 11.3 Å². The average Bonchev–Trinajstić information content (AvgIpc) is 2.94. The molecule has 0 radical (unpaired) electrons. The van der Waals surface area contributed by atoms with Gasteiger partial charge in [0.05, 0.1) is 10.6 Å². The zero-order chi connectivity index (χ0) is 14.0. The van der Waals surface area contributed by atoms with Crippen molar-refractivity contribution in [1.29, 1.82) is 0 Å². The number of carbonyl (C=O) groups excluding carboxylic acids is 1. The molecule has 0 spiro atoms. The van der Waals surface area contributed by atoms with Crippen LogP contribution in [0.5, 0.6) is 5.75 Å². The SMILES string of the molecule is Cc1nn(C)c(C)c1OCc1ccsc1C(=O)NN. The molecular weight excluding hydrogens is 264 g/mol. The number of nitrogens with one attached hydrogen (secondary N) is 1. The van der Waals surface area contributed by atoms with Gasteiger partial charge < -0.3 is 4.74 Å². The number of aromatic nitrogens is 2. The molecule has 2 aromatic heterocycles. The summed E-state index contributed by atoms with van der Waals surface area (Å²) in [6, 6.07) is 1.86. The van der Waals surface area contributed by atoms with Crippen LogP contribution < -0.4 is 16.0 Å². The quantitative estimate of drug-likeness (QED) is 0.502. The van der Waals surface area contributed by atoms with E-state index in [0.717, 1.165) is 22.7 Å². The molecule has 2 aromatic rings. The molecule has 0 aromatic carbocycles. The Morgan fingerprint density at radius 1 is 1.58 bits per heavy atom. The van der Waals surface area contributed by atoms with E-state index in [4.69, 9.17) is 10.6 Å². The van der Waals surface area contributed by atoms with Crippen LogP contribution in [-0.4, -0.2) is 15.7 Å². The summed E-state index contributed by atoms with van der Waals surface area (Å²) in [5.41, 5.74) is 4.74. The summed E-state index contributed by atoms with van der Waals surface area (Å²) in [6.45, 7) is 4.15. The molecule has 0 bridgehead atoms. The lowest BCUT2D eigenvalue weighted by Crippen LogP contribution is -2.30. The first kappa shape index (κ1) is 13.6. The van der Waals surface area contributed by atoms with Crippen molar-refractivity contribution in [2.24, 2.45) is 12.9 Å². The van der Waals surface area contributed by atoms with E-state index in [1.807, 2.05) is 32.3 Å². The van der Waals surface area contributed by atoms with Crippen molar-refractivity contribution >= 4 is 17.2 Å². The third kappa shape index (κ3) is 2.61.